The second-order valence-corrected chi connectivity index (χ2v) is 6.82. The van der Waals surface area contributed by atoms with Crippen LogP contribution in [0.4, 0.5) is 18.9 Å². The van der Waals surface area contributed by atoms with Gasteiger partial charge in [0.15, 0.2) is 5.96 Å². The largest absolute Gasteiger partial charge is 0.371 e. The highest BCUT2D eigenvalue weighted by Gasteiger charge is 2.20. The van der Waals surface area contributed by atoms with Crippen molar-refractivity contribution in [3.8, 4) is 0 Å². The Kier molecular flexibility index (Phi) is 9.06. The number of piperidine rings is 1. The number of hydrogen-bond acceptors (Lipinski definition) is 2. The minimum atomic E-state index is -0.478. The normalized spacial score (nSPS) is 15.0. The Morgan fingerprint density at radius 1 is 1.07 bits per heavy atom. The Morgan fingerprint density at radius 3 is 2.48 bits per heavy atom. The van der Waals surface area contributed by atoms with E-state index in [1.54, 1.807) is 12.1 Å². The summed E-state index contributed by atoms with van der Waals surface area (Å²) in [6.07, 6.45) is 1.74. The van der Waals surface area contributed by atoms with Crippen molar-refractivity contribution in [3.63, 3.8) is 0 Å². The molecule has 0 unspecified atom stereocenters. The smallest absolute Gasteiger partial charge is 0.191 e. The molecule has 2 aromatic rings. The number of aliphatic imine (C=N–C) groups is 1. The molecule has 158 valence electrons. The monoisotopic (exact) mass is 518 g/mol. The van der Waals surface area contributed by atoms with Crippen molar-refractivity contribution in [3.05, 3.63) is 65.5 Å². The summed E-state index contributed by atoms with van der Waals surface area (Å²) < 4.78 is 40.5. The minimum absolute atomic E-state index is 0. The van der Waals surface area contributed by atoms with Gasteiger partial charge in [0.05, 0.1) is 6.54 Å². The zero-order valence-electron chi connectivity index (χ0n) is 16.3. The van der Waals surface area contributed by atoms with E-state index in [-0.39, 0.29) is 47.9 Å². The van der Waals surface area contributed by atoms with Crippen LogP contribution in [0, 0.1) is 17.5 Å². The molecule has 1 aliphatic heterocycles. The molecule has 0 radical (unpaired) electrons. The Balaban J connectivity index is 0.00000300. The zero-order valence-corrected chi connectivity index (χ0v) is 18.6. The van der Waals surface area contributed by atoms with Crippen LogP contribution in [-0.2, 0) is 6.54 Å². The van der Waals surface area contributed by atoms with E-state index in [4.69, 9.17) is 0 Å². The highest BCUT2D eigenvalue weighted by Crippen LogP contribution is 2.20. The Labute approximate surface area is 186 Å². The topological polar surface area (TPSA) is 39.7 Å². The van der Waals surface area contributed by atoms with Crippen LogP contribution in [-0.4, -0.2) is 31.6 Å². The predicted octanol–water partition coefficient (Wildman–Crippen LogP) is 4.45. The molecule has 1 aliphatic rings. The average molecular weight is 518 g/mol. The summed E-state index contributed by atoms with van der Waals surface area (Å²) in [7, 11) is 0. The van der Waals surface area contributed by atoms with E-state index in [1.165, 1.54) is 12.1 Å². The molecule has 0 bridgehead atoms. The van der Waals surface area contributed by atoms with Gasteiger partial charge in [-0.05, 0) is 56.2 Å². The van der Waals surface area contributed by atoms with Crippen molar-refractivity contribution >= 4 is 35.6 Å². The molecular weight excluding hydrogens is 492 g/mol. The third-order valence-electron chi connectivity index (χ3n) is 4.77. The lowest BCUT2D eigenvalue weighted by atomic mass is 10.0. The molecule has 1 saturated heterocycles. The minimum Gasteiger partial charge on any atom is -0.371 e. The van der Waals surface area contributed by atoms with Gasteiger partial charge >= 0.3 is 0 Å². The van der Waals surface area contributed by atoms with E-state index in [1.807, 2.05) is 13.0 Å². The molecule has 0 amide bonds. The van der Waals surface area contributed by atoms with Crippen LogP contribution in [0.5, 0.6) is 0 Å². The van der Waals surface area contributed by atoms with E-state index < -0.39 is 11.6 Å². The molecule has 0 saturated carbocycles. The molecule has 2 N–H and O–H groups in total. The highest BCUT2D eigenvalue weighted by atomic mass is 127. The maximum Gasteiger partial charge on any atom is 0.191 e. The molecule has 0 aromatic heterocycles. The van der Waals surface area contributed by atoms with Gasteiger partial charge in [-0.1, -0.05) is 6.07 Å². The van der Waals surface area contributed by atoms with Crippen molar-refractivity contribution in [1.29, 1.82) is 0 Å². The number of rotatable bonds is 5. The fourth-order valence-electron chi connectivity index (χ4n) is 3.30. The lowest BCUT2D eigenvalue weighted by Gasteiger charge is -2.34. The first-order chi connectivity index (χ1) is 13.5. The fourth-order valence-corrected chi connectivity index (χ4v) is 3.30. The average Bonchev–Trinajstić information content (AvgIpc) is 2.69. The maximum atomic E-state index is 13.8. The summed E-state index contributed by atoms with van der Waals surface area (Å²) in [5.74, 6) is -0.599. The number of nitrogens with one attached hydrogen (secondary N) is 2. The van der Waals surface area contributed by atoms with Crippen molar-refractivity contribution in [2.75, 3.05) is 24.5 Å². The van der Waals surface area contributed by atoms with Crippen LogP contribution in [0.15, 0.2) is 47.5 Å². The molecule has 1 heterocycles. The van der Waals surface area contributed by atoms with Crippen LogP contribution >= 0.6 is 24.0 Å². The number of anilines is 1. The van der Waals surface area contributed by atoms with E-state index in [0.29, 0.717) is 12.5 Å². The number of benzene rings is 2. The summed E-state index contributed by atoms with van der Waals surface area (Å²) in [6.45, 7) is 4.28. The maximum absolute atomic E-state index is 13.8. The van der Waals surface area contributed by atoms with E-state index in [2.05, 4.69) is 20.5 Å². The van der Waals surface area contributed by atoms with E-state index in [0.717, 1.165) is 43.8 Å². The summed E-state index contributed by atoms with van der Waals surface area (Å²) in [4.78, 5) is 6.55. The van der Waals surface area contributed by atoms with Gasteiger partial charge in [-0.25, -0.2) is 18.2 Å². The summed E-state index contributed by atoms with van der Waals surface area (Å²) in [5, 5.41) is 6.51. The zero-order chi connectivity index (χ0) is 19.9. The van der Waals surface area contributed by atoms with Gasteiger partial charge in [-0.3, -0.25) is 0 Å². The van der Waals surface area contributed by atoms with Gasteiger partial charge < -0.3 is 15.5 Å². The predicted molar refractivity (Wildman–Crippen MR) is 121 cm³/mol. The molecule has 0 atom stereocenters. The molecule has 3 rings (SSSR count). The van der Waals surface area contributed by atoms with Crippen molar-refractivity contribution in [1.82, 2.24) is 10.6 Å². The molecule has 29 heavy (non-hydrogen) atoms. The quantitative estimate of drug-likeness (QED) is 0.349. The fraction of sp³-hybridized carbons (Fsp3) is 0.381. The Bertz CT molecular complexity index is 823. The lowest BCUT2D eigenvalue weighted by Crippen LogP contribution is -2.48. The first-order valence-electron chi connectivity index (χ1n) is 9.54. The summed E-state index contributed by atoms with van der Waals surface area (Å²) >= 11 is 0. The van der Waals surface area contributed by atoms with Crippen LogP contribution < -0.4 is 15.5 Å². The van der Waals surface area contributed by atoms with E-state index >= 15 is 0 Å². The standard InChI is InChI=1S/C21H25F3N4.HI/c1-2-25-21(26-14-15-12-17(23)6-7-20(15)24)27-18-8-10-28(11-9-18)19-5-3-4-16(22)13-19;/h3-7,12-13,18H,2,8-11,14H2,1H3,(H2,25,26,27);1H. The van der Waals surface area contributed by atoms with Crippen molar-refractivity contribution in [2.24, 2.45) is 4.99 Å². The molecule has 8 heteroatoms. The second-order valence-electron chi connectivity index (χ2n) is 6.82. The second kappa shape index (κ2) is 11.3. The van der Waals surface area contributed by atoms with Crippen molar-refractivity contribution in [2.45, 2.75) is 32.4 Å². The molecule has 1 fully saturated rings. The molecular formula is C21H26F3IN4. The van der Waals surface area contributed by atoms with Crippen molar-refractivity contribution < 1.29 is 13.2 Å². The lowest BCUT2D eigenvalue weighted by molar-refractivity contribution is 0.461. The van der Waals surface area contributed by atoms with E-state index in [9.17, 15) is 13.2 Å². The molecule has 0 spiro atoms. The molecule has 0 aliphatic carbocycles. The number of nitrogens with zero attached hydrogens (tertiary/aromatic N) is 2. The summed E-state index contributed by atoms with van der Waals surface area (Å²) in [6, 6.07) is 10.2. The summed E-state index contributed by atoms with van der Waals surface area (Å²) in [5.41, 5.74) is 1.11. The Morgan fingerprint density at radius 2 is 1.79 bits per heavy atom. The van der Waals surface area contributed by atoms with Crippen LogP contribution in [0.1, 0.15) is 25.3 Å². The van der Waals surface area contributed by atoms with Gasteiger partial charge in [0.1, 0.15) is 17.5 Å². The third-order valence-corrected chi connectivity index (χ3v) is 4.77. The van der Waals surface area contributed by atoms with Gasteiger partial charge in [0, 0.05) is 36.9 Å². The first kappa shape index (κ1) is 23.3. The third kappa shape index (κ3) is 6.80. The number of halogens is 4. The molecule has 2 aromatic carbocycles. The first-order valence-corrected chi connectivity index (χ1v) is 9.54. The van der Waals surface area contributed by atoms with Gasteiger partial charge in [0.25, 0.3) is 0 Å². The Hall–Kier alpha value is -1.97. The van der Waals surface area contributed by atoms with Crippen LogP contribution in [0.25, 0.3) is 0 Å². The number of guanidine groups is 1. The number of hydrogen-bond donors (Lipinski definition) is 2. The highest BCUT2D eigenvalue weighted by molar-refractivity contribution is 14.0. The van der Waals surface area contributed by atoms with Crippen LogP contribution in [0.2, 0.25) is 0 Å². The van der Waals surface area contributed by atoms with Crippen LogP contribution in [0.3, 0.4) is 0 Å². The van der Waals surface area contributed by atoms with Gasteiger partial charge in [-0.2, -0.15) is 0 Å². The SMILES string of the molecule is CCNC(=NCc1cc(F)ccc1F)NC1CCN(c2cccc(F)c2)CC1.I. The molecule has 4 nitrogen and oxygen atoms in total. The van der Waals surface area contributed by atoms with Gasteiger partial charge in [-0.15, -0.1) is 24.0 Å². The van der Waals surface area contributed by atoms with Gasteiger partial charge in [0.2, 0.25) is 0 Å².